The zero-order chi connectivity index (χ0) is 9.14. The zero-order valence-electron chi connectivity index (χ0n) is 5.71. The van der Waals surface area contributed by atoms with Crippen LogP contribution < -0.4 is 5.53 Å². The first-order valence-electron chi connectivity index (χ1n) is 2.81. The fourth-order valence-corrected chi connectivity index (χ4v) is 2.86. The molecular formula is C3H5N3P2S4. The number of hydrogen-bond acceptors (Lipinski definition) is 7. The highest BCUT2D eigenvalue weighted by molar-refractivity contribution is 8.82. The van der Waals surface area contributed by atoms with Gasteiger partial charge in [0.1, 0.15) is 11.8 Å². The first kappa shape index (κ1) is 11.2. The second-order valence-corrected chi connectivity index (χ2v) is 10.2. The average Bonchev–Trinajstić information content (AvgIpc) is 2.04. The van der Waals surface area contributed by atoms with Crippen LogP contribution in [0.15, 0.2) is 10.2 Å². The monoisotopic (exact) mass is 273 g/mol. The molecular weight excluding hydrogens is 268 g/mol. The van der Waals surface area contributed by atoms with Gasteiger partial charge in [0.05, 0.1) is 24.1 Å². The first-order valence-corrected chi connectivity index (χ1v) is 9.83. The molecule has 1 heterocycles. The maximum Gasteiger partial charge on any atom is 0.230 e. The van der Waals surface area contributed by atoms with Gasteiger partial charge >= 0.3 is 0 Å². The number of rotatable bonds is 2. The van der Waals surface area contributed by atoms with Gasteiger partial charge in [0, 0.05) is 0 Å². The minimum atomic E-state index is -0.954. The van der Waals surface area contributed by atoms with Gasteiger partial charge in [0.25, 0.3) is 0 Å². The van der Waals surface area contributed by atoms with Crippen LogP contribution in [0.2, 0.25) is 0 Å². The van der Waals surface area contributed by atoms with Crippen molar-refractivity contribution in [3.05, 3.63) is 0 Å². The molecule has 1 atom stereocenters. The van der Waals surface area contributed by atoms with Crippen LogP contribution in [0.1, 0.15) is 6.42 Å². The van der Waals surface area contributed by atoms with E-state index in [-0.39, 0.29) is 0 Å². The lowest BCUT2D eigenvalue weighted by molar-refractivity contribution is 0.799. The molecule has 0 aliphatic carbocycles. The van der Waals surface area contributed by atoms with Gasteiger partial charge in [0.15, 0.2) is 0 Å². The molecule has 1 N–H and O–H groups in total. The van der Waals surface area contributed by atoms with E-state index >= 15 is 0 Å². The second kappa shape index (κ2) is 5.13. The molecule has 9 heteroatoms. The first-order chi connectivity index (χ1) is 5.61. The fourth-order valence-electron chi connectivity index (χ4n) is 0.582. The van der Waals surface area contributed by atoms with E-state index in [9.17, 15) is 0 Å². The van der Waals surface area contributed by atoms with Gasteiger partial charge in [-0.25, -0.2) is 0 Å². The summed E-state index contributed by atoms with van der Waals surface area (Å²) >= 11 is 18.3. The molecule has 0 aromatic heterocycles. The number of hydrogen-bond donors (Lipinski definition) is 3. The lowest BCUT2D eigenvalue weighted by Gasteiger charge is -2.11. The predicted octanol–water partition coefficient (Wildman–Crippen LogP) is 2.18. The molecule has 3 nitrogen and oxygen atoms in total. The Kier molecular flexibility index (Phi) is 4.79. The third-order valence-electron chi connectivity index (χ3n) is 1.12. The highest BCUT2D eigenvalue weighted by atomic mass is 33.1. The van der Waals surface area contributed by atoms with Gasteiger partial charge in [-0.05, 0) is 0 Å². The van der Waals surface area contributed by atoms with Crippen molar-refractivity contribution in [3.63, 3.8) is 0 Å². The molecule has 1 rings (SSSR count). The van der Waals surface area contributed by atoms with Crippen molar-refractivity contribution < 1.29 is 0 Å². The highest BCUT2D eigenvalue weighted by Crippen LogP contribution is 2.49. The summed E-state index contributed by atoms with van der Waals surface area (Å²) in [6, 6.07) is 0. The molecule has 1 aliphatic rings. The Morgan fingerprint density at radius 2 is 2.25 bits per heavy atom. The average molecular weight is 273 g/mol. The maximum atomic E-state index is 4.95. The fraction of sp³-hybridized carbons (Fsp3) is 0.333. The largest absolute Gasteiger partial charge is 0.471 e. The van der Waals surface area contributed by atoms with Crippen molar-refractivity contribution in [1.82, 2.24) is 5.53 Å². The van der Waals surface area contributed by atoms with Crippen LogP contribution in [-0.4, -0.2) is 10.9 Å². The van der Waals surface area contributed by atoms with Crippen molar-refractivity contribution in [2.24, 2.45) is 10.2 Å². The Morgan fingerprint density at radius 1 is 1.58 bits per heavy atom. The van der Waals surface area contributed by atoms with Gasteiger partial charge in [0.2, 0.25) is 5.45 Å². The molecule has 0 saturated carbocycles. The van der Waals surface area contributed by atoms with Crippen molar-refractivity contribution in [1.29, 1.82) is 0 Å². The van der Waals surface area contributed by atoms with E-state index in [4.69, 9.17) is 24.1 Å². The lowest BCUT2D eigenvalue weighted by Crippen LogP contribution is -2.14. The smallest absolute Gasteiger partial charge is 0.230 e. The molecule has 66 valence electrons. The van der Waals surface area contributed by atoms with Gasteiger partial charge in [-0.3, -0.25) is 0 Å². The maximum absolute atomic E-state index is 4.95. The predicted molar refractivity (Wildman–Crippen MR) is 69.2 cm³/mol. The zero-order valence-corrected chi connectivity index (χ0v) is 10.9. The minimum Gasteiger partial charge on any atom is -0.471 e. The summed E-state index contributed by atoms with van der Waals surface area (Å²) in [5.41, 5.74) is 4.22. The van der Waals surface area contributed by atoms with Crippen LogP contribution >= 0.6 is 36.7 Å². The number of nitrogens with zero attached hydrogens (tertiary/aromatic N) is 2. The molecule has 0 radical (unpaired) electrons. The third-order valence-corrected chi connectivity index (χ3v) is 5.17. The van der Waals surface area contributed by atoms with E-state index < -0.39 is 12.2 Å². The normalized spacial score (nSPS) is 18.2. The summed E-state index contributed by atoms with van der Waals surface area (Å²) in [6.45, 7) is 0. The summed E-state index contributed by atoms with van der Waals surface area (Å²) in [6.07, 6.45) is -0.127. The van der Waals surface area contributed by atoms with Crippen LogP contribution in [0.4, 0.5) is 0 Å². The minimum absolute atomic E-state index is 0.629. The summed E-state index contributed by atoms with van der Waals surface area (Å²) < 4.78 is 0. The van der Waals surface area contributed by atoms with Gasteiger partial charge < -0.3 is 12.2 Å². The van der Waals surface area contributed by atoms with Crippen LogP contribution in [0, 0.1) is 0 Å². The van der Waals surface area contributed by atoms with Crippen molar-refractivity contribution in [2.75, 3.05) is 0 Å². The third kappa shape index (κ3) is 3.13. The Labute approximate surface area is 93.5 Å². The molecule has 1 unspecified atom stereocenters. The van der Waals surface area contributed by atoms with Gasteiger partial charge in [-0.2, -0.15) is 10.6 Å². The summed E-state index contributed by atoms with van der Waals surface area (Å²) in [4.78, 5) is 0. The summed E-state index contributed by atoms with van der Waals surface area (Å²) in [5.74, 6) is -0.954. The van der Waals surface area contributed by atoms with Crippen LogP contribution in [0.25, 0.3) is 0 Å². The SMILES string of the molecule is S=[P+]([S-])C1=NNN=C(P(S)S)C1. The number of thiol groups is 2. The van der Waals surface area contributed by atoms with E-state index in [0.717, 1.165) is 10.9 Å². The van der Waals surface area contributed by atoms with Crippen LogP contribution in [0.5, 0.6) is 0 Å². The molecule has 0 aromatic carbocycles. The van der Waals surface area contributed by atoms with Crippen molar-refractivity contribution in [2.45, 2.75) is 6.42 Å². The Morgan fingerprint density at radius 3 is 2.75 bits per heavy atom. The molecule has 0 saturated heterocycles. The van der Waals surface area contributed by atoms with Crippen molar-refractivity contribution >= 4 is 71.7 Å². The number of hydrazone groups is 2. The molecule has 1 aliphatic heterocycles. The molecule has 0 aromatic rings. The quantitative estimate of drug-likeness (QED) is 0.410. The van der Waals surface area contributed by atoms with Crippen molar-refractivity contribution in [3.8, 4) is 0 Å². The lowest BCUT2D eigenvalue weighted by atomic mass is 10.5. The molecule has 0 fully saturated rings. The van der Waals surface area contributed by atoms with Crippen LogP contribution in [0.3, 0.4) is 0 Å². The van der Waals surface area contributed by atoms with Crippen LogP contribution in [-0.2, 0) is 24.1 Å². The topological polar surface area (TPSA) is 36.8 Å². The Bertz CT molecular complexity index is 262. The standard InChI is InChI=1S/C3H5N3P2S4/c9-7(10)2-1-3(8(11)12)5-6-4-2/h6,9-10H,1H2. The highest BCUT2D eigenvalue weighted by Gasteiger charge is 2.19. The second-order valence-electron chi connectivity index (χ2n) is 1.88. The van der Waals surface area contributed by atoms with E-state index in [2.05, 4.69) is 40.2 Å². The van der Waals surface area contributed by atoms with Gasteiger partial charge in [-0.15, -0.1) is 29.6 Å². The summed E-state index contributed by atoms with van der Waals surface area (Å²) in [7, 11) is 0. The van der Waals surface area contributed by atoms with E-state index in [1.807, 2.05) is 0 Å². The Hall–Kier alpha value is 1.14. The number of nitrogens with one attached hydrogen (secondary N) is 1. The molecule has 0 bridgehead atoms. The van der Waals surface area contributed by atoms with E-state index in [1.165, 1.54) is 0 Å². The molecule has 0 amide bonds. The molecule has 0 spiro atoms. The Balaban J connectivity index is 2.66. The molecule has 12 heavy (non-hydrogen) atoms. The van der Waals surface area contributed by atoms with Gasteiger partial charge in [-0.1, -0.05) is 0 Å². The van der Waals surface area contributed by atoms with E-state index in [1.54, 1.807) is 0 Å². The van der Waals surface area contributed by atoms with E-state index in [0.29, 0.717) is 6.42 Å². The summed E-state index contributed by atoms with van der Waals surface area (Å²) in [5, 5.41) is 7.84.